The van der Waals surface area contributed by atoms with Crippen LogP contribution in [0.15, 0.2) is 18.2 Å². The number of hydrogen-bond acceptors (Lipinski definition) is 3. The van der Waals surface area contributed by atoms with Crippen molar-refractivity contribution in [2.45, 2.75) is 27.3 Å². The number of amides is 1. The van der Waals surface area contributed by atoms with Crippen molar-refractivity contribution >= 4 is 17.3 Å². The molecule has 0 fully saturated rings. The maximum atomic E-state index is 13.6. The summed E-state index contributed by atoms with van der Waals surface area (Å²) in [6.45, 7) is 5.34. The van der Waals surface area contributed by atoms with Gasteiger partial charge in [-0.05, 0) is 38.5 Å². The Kier molecular flexibility index (Phi) is 3.74. The van der Waals surface area contributed by atoms with Crippen LogP contribution in [0, 0.1) is 26.6 Å². The molecule has 5 nitrogen and oxygen atoms in total. The van der Waals surface area contributed by atoms with Gasteiger partial charge < -0.3 is 11.1 Å². The van der Waals surface area contributed by atoms with E-state index in [1.165, 1.54) is 16.8 Å². The largest absolute Gasteiger partial charge is 0.396 e. The van der Waals surface area contributed by atoms with Gasteiger partial charge in [-0.2, -0.15) is 5.10 Å². The number of nitrogens with zero attached hydrogens (tertiary/aromatic N) is 2. The lowest BCUT2D eigenvalue weighted by atomic mass is 10.2. The van der Waals surface area contributed by atoms with Crippen molar-refractivity contribution in [3.8, 4) is 0 Å². The van der Waals surface area contributed by atoms with Crippen LogP contribution >= 0.6 is 0 Å². The molecule has 0 radical (unpaired) electrons. The van der Waals surface area contributed by atoms with Crippen LogP contribution in [-0.2, 0) is 11.3 Å². The van der Waals surface area contributed by atoms with Crippen LogP contribution in [0.5, 0.6) is 0 Å². The molecule has 0 bridgehead atoms. The van der Waals surface area contributed by atoms with Gasteiger partial charge in [0.25, 0.3) is 0 Å². The zero-order valence-electron chi connectivity index (χ0n) is 11.7. The minimum atomic E-state index is -0.453. The number of aryl methyl sites for hydroxylation is 2. The summed E-state index contributed by atoms with van der Waals surface area (Å²) < 4.78 is 15.1. The van der Waals surface area contributed by atoms with Crippen molar-refractivity contribution in [3.63, 3.8) is 0 Å². The number of benzene rings is 1. The molecule has 3 N–H and O–H groups in total. The van der Waals surface area contributed by atoms with Crippen molar-refractivity contribution in [2.75, 3.05) is 11.1 Å². The van der Waals surface area contributed by atoms with E-state index in [1.807, 2.05) is 0 Å². The third-order valence-electron chi connectivity index (χ3n) is 3.13. The highest BCUT2D eigenvalue weighted by atomic mass is 19.1. The molecule has 1 aromatic carbocycles. The molecule has 1 aromatic heterocycles. The summed E-state index contributed by atoms with van der Waals surface area (Å²) >= 11 is 0. The van der Waals surface area contributed by atoms with Crippen LogP contribution in [0.25, 0.3) is 0 Å². The Morgan fingerprint density at radius 2 is 2.10 bits per heavy atom. The van der Waals surface area contributed by atoms with Gasteiger partial charge in [0, 0.05) is 0 Å². The van der Waals surface area contributed by atoms with E-state index < -0.39 is 5.82 Å². The first-order valence-electron chi connectivity index (χ1n) is 6.24. The van der Waals surface area contributed by atoms with Gasteiger partial charge in [0.05, 0.1) is 22.8 Å². The summed E-state index contributed by atoms with van der Waals surface area (Å²) in [5.41, 5.74) is 8.73. The number of hydrogen-bond donors (Lipinski definition) is 2. The normalized spacial score (nSPS) is 10.6. The lowest BCUT2D eigenvalue weighted by Gasteiger charge is -2.08. The van der Waals surface area contributed by atoms with Crippen molar-refractivity contribution < 1.29 is 9.18 Å². The molecule has 0 aliphatic rings. The van der Waals surface area contributed by atoms with Crippen molar-refractivity contribution in [3.05, 3.63) is 41.0 Å². The van der Waals surface area contributed by atoms with E-state index in [2.05, 4.69) is 10.4 Å². The van der Waals surface area contributed by atoms with Crippen molar-refractivity contribution in [1.29, 1.82) is 0 Å². The molecule has 0 aliphatic carbocycles. The Hall–Kier alpha value is -2.37. The van der Waals surface area contributed by atoms with Crippen molar-refractivity contribution in [1.82, 2.24) is 9.78 Å². The van der Waals surface area contributed by atoms with Crippen molar-refractivity contribution in [2.24, 2.45) is 0 Å². The van der Waals surface area contributed by atoms with E-state index in [0.717, 1.165) is 11.3 Å². The summed E-state index contributed by atoms with van der Waals surface area (Å²) in [5, 5.41) is 6.69. The van der Waals surface area contributed by atoms with Crippen LogP contribution in [0.4, 0.5) is 15.8 Å². The zero-order valence-corrected chi connectivity index (χ0v) is 11.7. The lowest BCUT2D eigenvalue weighted by molar-refractivity contribution is -0.117. The fourth-order valence-electron chi connectivity index (χ4n) is 1.91. The second-order valence-corrected chi connectivity index (χ2v) is 4.77. The predicted octanol–water partition coefficient (Wildman–Crippen LogP) is 2.17. The van der Waals surface area contributed by atoms with Gasteiger partial charge in [-0.1, -0.05) is 6.07 Å². The summed E-state index contributed by atoms with van der Waals surface area (Å²) in [4.78, 5) is 11.9. The van der Waals surface area contributed by atoms with E-state index >= 15 is 0 Å². The first kappa shape index (κ1) is 14.0. The minimum absolute atomic E-state index is 0.00279. The summed E-state index contributed by atoms with van der Waals surface area (Å²) in [6, 6.07) is 4.65. The number of nitrogen functional groups attached to an aromatic ring is 1. The third kappa shape index (κ3) is 2.79. The molecule has 0 saturated heterocycles. The molecule has 2 aromatic rings. The van der Waals surface area contributed by atoms with E-state index in [0.29, 0.717) is 11.4 Å². The SMILES string of the molecule is Cc1ccc(NC(=O)Cn2nc(C)c(N)c2C)c(F)c1. The Bertz CT molecular complexity index is 663. The first-order chi connectivity index (χ1) is 9.38. The number of nitrogens with one attached hydrogen (secondary N) is 1. The smallest absolute Gasteiger partial charge is 0.246 e. The van der Waals surface area contributed by atoms with Gasteiger partial charge >= 0.3 is 0 Å². The van der Waals surface area contributed by atoms with Gasteiger partial charge in [-0.25, -0.2) is 4.39 Å². The van der Waals surface area contributed by atoms with Gasteiger partial charge in [-0.15, -0.1) is 0 Å². The zero-order chi connectivity index (χ0) is 14.9. The average Bonchev–Trinajstić information content (AvgIpc) is 2.61. The Morgan fingerprint density at radius 3 is 2.65 bits per heavy atom. The number of carbonyl (C=O) groups is 1. The van der Waals surface area contributed by atoms with Gasteiger partial charge in [0.15, 0.2) is 0 Å². The molecule has 106 valence electrons. The molecule has 20 heavy (non-hydrogen) atoms. The highest BCUT2D eigenvalue weighted by Gasteiger charge is 2.12. The quantitative estimate of drug-likeness (QED) is 0.902. The molecule has 0 aliphatic heterocycles. The number of halogens is 1. The fraction of sp³-hybridized carbons (Fsp3) is 0.286. The maximum absolute atomic E-state index is 13.6. The molecular weight excluding hydrogens is 259 g/mol. The molecule has 0 spiro atoms. The van der Waals surface area contributed by atoms with Gasteiger partial charge in [-0.3, -0.25) is 9.48 Å². The molecular formula is C14H17FN4O. The van der Waals surface area contributed by atoms with E-state index in [9.17, 15) is 9.18 Å². The number of carbonyl (C=O) groups excluding carboxylic acids is 1. The topological polar surface area (TPSA) is 72.9 Å². The molecule has 0 unspecified atom stereocenters. The Balaban J connectivity index is 2.11. The summed E-state index contributed by atoms with van der Waals surface area (Å²) in [6.07, 6.45) is 0. The number of rotatable bonds is 3. The van der Waals surface area contributed by atoms with E-state index in [-0.39, 0.29) is 18.1 Å². The Labute approximate surface area is 116 Å². The first-order valence-corrected chi connectivity index (χ1v) is 6.24. The lowest BCUT2D eigenvalue weighted by Crippen LogP contribution is -2.21. The third-order valence-corrected chi connectivity index (χ3v) is 3.13. The number of anilines is 2. The maximum Gasteiger partial charge on any atom is 0.246 e. The summed E-state index contributed by atoms with van der Waals surface area (Å²) in [5.74, 6) is -0.801. The standard InChI is InChI=1S/C14H17FN4O/c1-8-4-5-12(11(15)6-8)17-13(20)7-19-10(3)14(16)9(2)18-19/h4-6H,7,16H2,1-3H3,(H,17,20). The van der Waals surface area contributed by atoms with Crippen LogP contribution in [0.2, 0.25) is 0 Å². The second-order valence-electron chi connectivity index (χ2n) is 4.77. The molecule has 6 heteroatoms. The van der Waals surface area contributed by atoms with E-state index in [4.69, 9.17) is 5.73 Å². The highest BCUT2D eigenvalue weighted by molar-refractivity contribution is 5.90. The molecule has 1 heterocycles. The van der Waals surface area contributed by atoms with E-state index in [1.54, 1.807) is 26.8 Å². The van der Waals surface area contributed by atoms with Crippen LogP contribution in [-0.4, -0.2) is 15.7 Å². The molecule has 1 amide bonds. The minimum Gasteiger partial charge on any atom is -0.396 e. The predicted molar refractivity (Wildman–Crippen MR) is 75.9 cm³/mol. The van der Waals surface area contributed by atoms with Crippen LogP contribution in [0.1, 0.15) is 17.0 Å². The molecule has 2 rings (SSSR count). The summed E-state index contributed by atoms with van der Waals surface area (Å²) in [7, 11) is 0. The Morgan fingerprint density at radius 1 is 1.40 bits per heavy atom. The monoisotopic (exact) mass is 276 g/mol. The second kappa shape index (κ2) is 5.32. The number of aromatic nitrogens is 2. The van der Waals surface area contributed by atoms with Gasteiger partial charge in [0.2, 0.25) is 5.91 Å². The number of nitrogens with two attached hydrogens (primary N) is 1. The van der Waals surface area contributed by atoms with Crippen LogP contribution in [0.3, 0.4) is 0 Å². The average molecular weight is 276 g/mol. The fourth-order valence-corrected chi connectivity index (χ4v) is 1.91. The molecule has 0 atom stereocenters. The highest BCUT2D eigenvalue weighted by Crippen LogP contribution is 2.17. The molecule has 0 saturated carbocycles. The van der Waals surface area contributed by atoms with Crippen LogP contribution < -0.4 is 11.1 Å². The van der Waals surface area contributed by atoms with Gasteiger partial charge in [0.1, 0.15) is 12.4 Å².